The number of halogens is 1. The van der Waals surface area contributed by atoms with Crippen LogP contribution in [-0.2, 0) is 11.3 Å². The maximum Gasteiger partial charge on any atom is 0.206 e. The summed E-state index contributed by atoms with van der Waals surface area (Å²) in [5.41, 5.74) is 0.739. The number of tetrazole rings is 1. The molecule has 0 amide bonds. The van der Waals surface area contributed by atoms with Crippen LogP contribution in [-0.4, -0.2) is 26.0 Å². The van der Waals surface area contributed by atoms with E-state index in [2.05, 4.69) is 15.4 Å². The van der Waals surface area contributed by atoms with Crippen LogP contribution in [0.1, 0.15) is 13.3 Å². The van der Waals surface area contributed by atoms with E-state index in [1.54, 1.807) is 6.07 Å². The SMILES string of the molecule is CC(=O)CCn1nnc(-c2ccccc2Cl)n1. The fraction of sp³-hybridized carbons (Fsp3) is 0.273. The van der Waals surface area contributed by atoms with E-state index < -0.39 is 0 Å². The maximum atomic E-state index is 10.8. The minimum Gasteiger partial charge on any atom is -0.300 e. The lowest BCUT2D eigenvalue weighted by Gasteiger charge is -1.97. The molecule has 0 bridgehead atoms. The molecule has 0 N–H and O–H groups in total. The number of aryl methyl sites for hydroxylation is 1. The second-order valence-corrected chi connectivity index (χ2v) is 4.05. The van der Waals surface area contributed by atoms with E-state index in [0.29, 0.717) is 23.8 Å². The fourth-order valence-electron chi connectivity index (χ4n) is 1.35. The molecule has 6 heteroatoms. The van der Waals surface area contributed by atoms with Gasteiger partial charge in [-0.15, -0.1) is 10.2 Å². The molecule has 2 rings (SSSR count). The van der Waals surface area contributed by atoms with E-state index in [4.69, 9.17) is 11.6 Å². The average Bonchev–Trinajstić information content (AvgIpc) is 2.75. The van der Waals surface area contributed by atoms with Gasteiger partial charge in [-0.05, 0) is 24.3 Å². The summed E-state index contributed by atoms with van der Waals surface area (Å²) >= 11 is 6.02. The van der Waals surface area contributed by atoms with E-state index in [0.717, 1.165) is 5.56 Å². The molecule has 0 atom stereocenters. The molecule has 0 unspecified atom stereocenters. The molecule has 0 fully saturated rings. The third-order valence-electron chi connectivity index (χ3n) is 2.23. The predicted octanol–water partition coefficient (Wildman–Crippen LogP) is 1.97. The summed E-state index contributed by atoms with van der Waals surface area (Å²) in [6.07, 6.45) is 0.401. The van der Waals surface area contributed by atoms with E-state index in [9.17, 15) is 4.79 Å². The topological polar surface area (TPSA) is 60.7 Å². The standard InChI is InChI=1S/C11H11ClN4O/c1-8(17)6-7-16-14-11(13-15-16)9-4-2-3-5-10(9)12/h2-5H,6-7H2,1H3. The van der Waals surface area contributed by atoms with Crippen molar-refractivity contribution in [3.8, 4) is 11.4 Å². The number of rotatable bonds is 4. The zero-order valence-electron chi connectivity index (χ0n) is 9.30. The molecule has 1 aromatic heterocycles. The Kier molecular flexibility index (Phi) is 3.49. The van der Waals surface area contributed by atoms with Gasteiger partial charge in [0.1, 0.15) is 5.78 Å². The Bertz CT molecular complexity index is 538. The fourth-order valence-corrected chi connectivity index (χ4v) is 1.57. The minimum atomic E-state index is 0.0987. The van der Waals surface area contributed by atoms with Crippen molar-refractivity contribution in [1.29, 1.82) is 0 Å². The van der Waals surface area contributed by atoms with E-state index >= 15 is 0 Å². The first-order valence-electron chi connectivity index (χ1n) is 5.19. The highest BCUT2D eigenvalue weighted by Gasteiger charge is 2.09. The third kappa shape index (κ3) is 2.88. The van der Waals surface area contributed by atoms with E-state index in [1.165, 1.54) is 11.7 Å². The van der Waals surface area contributed by atoms with Gasteiger partial charge in [0.05, 0.1) is 11.6 Å². The lowest BCUT2D eigenvalue weighted by Crippen LogP contribution is -2.06. The van der Waals surface area contributed by atoms with E-state index in [-0.39, 0.29) is 5.78 Å². The van der Waals surface area contributed by atoms with Gasteiger partial charge in [-0.1, -0.05) is 23.7 Å². The van der Waals surface area contributed by atoms with Crippen LogP contribution in [0.4, 0.5) is 0 Å². The second kappa shape index (κ2) is 5.05. The van der Waals surface area contributed by atoms with Crippen molar-refractivity contribution in [2.24, 2.45) is 0 Å². The monoisotopic (exact) mass is 250 g/mol. The summed E-state index contributed by atoms with van der Waals surface area (Å²) in [6, 6.07) is 7.30. The first kappa shape index (κ1) is 11.7. The van der Waals surface area contributed by atoms with Crippen molar-refractivity contribution >= 4 is 17.4 Å². The van der Waals surface area contributed by atoms with Crippen LogP contribution in [0.2, 0.25) is 5.02 Å². The van der Waals surface area contributed by atoms with Gasteiger partial charge in [0.2, 0.25) is 5.82 Å². The van der Waals surface area contributed by atoms with Gasteiger partial charge in [0.15, 0.2) is 0 Å². The van der Waals surface area contributed by atoms with Gasteiger partial charge in [0, 0.05) is 12.0 Å². The van der Waals surface area contributed by atoms with Crippen LogP contribution < -0.4 is 0 Å². The number of carbonyl (C=O) groups excluding carboxylic acids is 1. The van der Waals surface area contributed by atoms with Crippen molar-refractivity contribution < 1.29 is 4.79 Å². The Morgan fingerprint density at radius 1 is 1.41 bits per heavy atom. The molecule has 88 valence electrons. The number of ketones is 1. The smallest absolute Gasteiger partial charge is 0.206 e. The number of nitrogens with zero attached hydrogens (tertiary/aromatic N) is 4. The molecular formula is C11H11ClN4O. The Hall–Kier alpha value is -1.75. The Morgan fingerprint density at radius 3 is 2.88 bits per heavy atom. The Labute approximate surface area is 103 Å². The van der Waals surface area contributed by atoms with Crippen LogP contribution in [0.15, 0.2) is 24.3 Å². The number of carbonyl (C=O) groups is 1. The Balaban J connectivity index is 2.18. The molecule has 0 radical (unpaired) electrons. The van der Waals surface area contributed by atoms with Crippen molar-refractivity contribution in [1.82, 2.24) is 20.2 Å². The predicted molar refractivity (Wildman–Crippen MR) is 63.6 cm³/mol. The highest BCUT2D eigenvalue weighted by molar-refractivity contribution is 6.33. The summed E-state index contributed by atoms with van der Waals surface area (Å²) < 4.78 is 0. The van der Waals surface area contributed by atoms with Crippen LogP contribution in [0, 0.1) is 0 Å². The van der Waals surface area contributed by atoms with E-state index in [1.807, 2.05) is 18.2 Å². The third-order valence-corrected chi connectivity index (χ3v) is 2.56. The zero-order chi connectivity index (χ0) is 12.3. The minimum absolute atomic E-state index is 0.0987. The molecule has 1 heterocycles. The van der Waals surface area contributed by atoms with Gasteiger partial charge in [-0.25, -0.2) is 0 Å². The largest absolute Gasteiger partial charge is 0.300 e. The first-order chi connectivity index (χ1) is 8.16. The number of benzene rings is 1. The molecule has 1 aromatic carbocycles. The van der Waals surface area contributed by atoms with Gasteiger partial charge in [-0.2, -0.15) is 4.80 Å². The van der Waals surface area contributed by atoms with Gasteiger partial charge >= 0.3 is 0 Å². The van der Waals surface area contributed by atoms with Gasteiger partial charge in [-0.3, -0.25) is 4.79 Å². The number of aromatic nitrogens is 4. The van der Waals surface area contributed by atoms with Crippen LogP contribution in [0.25, 0.3) is 11.4 Å². The molecular weight excluding hydrogens is 240 g/mol. The summed E-state index contributed by atoms with van der Waals surface area (Å²) in [5, 5.41) is 12.5. The molecule has 5 nitrogen and oxygen atoms in total. The zero-order valence-corrected chi connectivity index (χ0v) is 10.1. The quantitative estimate of drug-likeness (QED) is 0.832. The molecule has 0 saturated heterocycles. The van der Waals surface area contributed by atoms with Gasteiger partial charge in [0.25, 0.3) is 0 Å². The highest BCUT2D eigenvalue weighted by atomic mass is 35.5. The highest BCUT2D eigenvalue weighted by Crippen LogP contribution is 2.23. The molecule has 17 heavy (non-hydrogen) atoms. The number of hydrogen-bond acceptors (Lipinski definition) is 4. The van der Waals surface area contributed by atoms with Crippen LogP contribution >= 0.6 is 11.6 Å². The maximum absolute atomic E-state index is 10.8. The molecule has 0 aliphatic rings. The van der Waals surface area contributed by atoms with Crippen molar-refractivity contribution in [3.63, 3.8) is 0 Å². The van der Waals surface area contributed by atoms with Crippen molar-refractivity contribution in [2.75, 3.05) is 0 Å². The number of hydrogen-bond donors (Lipinski definition) is 0. The lowest BCUT2D eigenvalue weighted by molar-refractivity contribution is -0.117. The molecule has 2 aromatic rings. The van der Waals surface area contributed by atoms with Gasteiger partial charge < -0.3 is 0 Å². The molecule has 0 saturated carbocycles. The first-order valence-corrected chi connectivity index (χ1v) is 5.57. The summed E-state index contributed by atoms with van der Waals surface area (Å²) in [6.45, 7) is 1.97. The Morgan fingerprint density at radius 2 is 2.18 bits per heavy atom. The number of Topliss-reactive ketones (excluding diaryl/α,β-unsaturated/α-hetero) is 1. The molecule has 0 aliphatic heterocycles. The van der Waals surface area contributed by atoms with Crippen LogP contribution in [0.5, 0.6) is 0 Å². The second-order valence-electron chi connectivity index (χ2n) is 3.64. The van der Waals surface area contributed by atoms with Crippen molar-refractivity contribution in [3.05, 3.63) is 29.3 Å². The summed E-state index contributed by atoms with van der Waals surface area (Å²) in [4.78, 5) is 12.2. The normalized spacial score (nSPS) is 10.5. The van der Waals surface area contributed by atoms with Crippen molar-refractivity contribution in [2.45, 2.75) is 19.9 Å². The summed E-state index contributed by atoms with van der Waals surface area (Å²) in [5.74, 6) is 0.570. The van der Waals surface area contributed by atoms with Crippen LogP contribution in [0.3, 0.4) is 0 Å². The lowest BCUT2D eigenvalue weighted by atomic mass is 10.2. The summed E-state index contributed by atoms with van der Waals surface area (Å²) in [7, 11) is 0. The molecule has 0 spiro atoms. The molecule has 0 aliphatic carbocycles. The average molecular weight is 251 g/mol.